The lowest BCUT2D eigenvalue weighted by atomic mass is 9.92. The highest BCUT2D eigenvalue weighted by Gasteiger charge is 2.31. The lowest BCUT2D eigenvalue weighted by molar-refractivity contribution is -0.138. The first-order valence-electron chi connectivity index (χ1n) is 13.7. The number of carbonyl (C=O) groups is 1. The van der Waals surface area contributed by atoms with Gasteiger partial charge in [0.25, 0.3) is 0 Å². The van der Waals surface area contributed by atoms with Gasteiger partial charge in [0.05, 0.1) is 17.6 Å². The molecular formula is C28H65NO2. The molecule has 0 radical (unpaired) electrons. The first-order valence-corrected chi connectivity index (χ1v) is 13.7. The Kier molecular flexibility index (Phi) is 41.6. The van der Waals surface area contributed by atoms with Gasteiger partial charge in [-0.25, -0.2) is 0 Å². The van der Waals surface area contributed by atoms with Crippen LogP contribution >= 0.6 is 0 Å². The number of carbonyl (C=O) groups excluding carboxylic acids is 1. The summed E-state index contributed by atoms with van der Waals surface area (Å²) >= 11 is 0. The molecule has 0 aromatic heterocycles. The Morgan fingerprint density at radius 2 is 1.06 bits per heavy atom. The number of nitrogens with one attached hydrogen (secondary N) is 1. The largest absolute Gasteiger partial charge is 0.374 e. The highest BCUT2D eigenvalue weighted by Crippen LogP contribution is 2.24. The van der Waals surface area contributed by atoms with Gasteiger partial charge in [-0.3, -0.25) is 4.79 Å². The van der Waals surface area contributed by atoms with Crippen molar-refractivity contribution in [3.05, 3.63) is 0 Å². The third-order valence-electron chi connectivity index (χ3n) is 4.96. The summed E-state index contributed by atoms with van der Waals surface area (Å²) in [7, 11) is 0. The summed E-state index contributed by atoms with van der Waals surface area (Å²) in [6, 6.07) is 0. The molecule has 0 aromatic rings. The van der Waals surface area contributed by atoms with Crippen LogP contribution in [0, 0.1) is 5.41 Å². The maximum atomic E-state index is 12.3. The quantitative estimate of drug-likeness (QED) is 0.269. The third kappa shape index (κ3) is 27.4. The van der Waals surface area contributed by atoms with Gasteiger partial charge in [-0.05, 0) is 40.0 Å². The molecule has 0 fully saturated rings. The predicted octanol–water partition coefficient (Wildman–Crippen LogP) is 9.58. The summed E-state index contributed by atoms with van der Waals surface area (Å²) in [5.41, 5.74) is -0.581. The van der Waals surface area contributed by atoms with E-state index in [2.05, 4.69) is 33.0 Å². The van der Waals surface area contributed by atoms with Gasteiger partial charge in [0.1, 0.15) is 0 Å². The van der Waals surface area contributed by atoms with Crippen LogP contribution in [0.15, 0.2) is 0 Å². The van der Waals surface area contributed by atoms with Crippen LogP contribution in [-0.2, 0) is 9.53 Å². The number of hydrogen-bond donors (Lipinski definition) is 1. The van der Waals surface area contributed by atoms with Crippen molar-refractivity contribution in [1.29, 1.82) is 0 Å². The molecule has 0 bridgehead atoms. The summed E-state index contributed by atoms with van der Waals surface area (Å²) in [6.07, 6.45) is 10.8. The Hall–Kier alpha value is -0.570. The van der Waals surface area contributed by atoms with E-state index in [-0.39, 0.29) is 11.5 Å². The van der Waals surface area contributed by atoms with Gasteiger partial charge >= 0.3 is 0 Å². The smallest absolute Gasteiger partial charge is 0.227 e. The third-order valence-corrected chi connectivity index (χ3v) is 4.96. The van der Waals surface area contributed by atoms with Crippen molar-refractivity contribution in [3.8, 4) is 0 Å². The SMILES string of the molecule is CC.CC.CC.CC.CCCCCCCCCNC(=O)C(C)(C)COC(C)(CC)CC. The molecule has 0 atom stereocenters. The van der Waals surface area contributed by atoms with Gasteiger partial charge in [0.2, 0.25) is 5.91 Å². The number of rotatable bonds is 14. The predicted molar refractivity (Wildman–Crippen MR) is 145 cm³/mol. The highest BCUT2D eigenvalue weighted by molar-refractivity contribution is 5.81. The van der Waals surface area contributed by atoms with E-state index in [9.17, 15) is 4.79 Å². The van der Waals surface area contributed by atoms with Crippen LogP contribution in [-0.4, -0.2) is 24.7 Å². The Balaban J connectivity index is -0.000000250. The van der Waals surface area contributed by atoms with Crippen LogP contribution < -0.4 is 5.32 Å². The second kappa shape index (κ2) is 31.6. The van der Waals surface area contributed by atoms with E-state index in [1.54, 1.807) is 0 Å². The van der Waals surface area contributed by atoms with Gasteiger partial charge in [-0.1, -0.05) is 115 Å². The molecule has 1 amide bonds. The molecule has 1 N–H and O–H groups in total. The van der Waals surface area contributed by atoms with Gasteiger partial charge in [-0.2, -0.15) is 0 Å². The van der Waals surface area contributed by atoms with Crippen molar-refractivity contribution in [2.75, 3.05) is 13.2 Å². The fourth-order valence-corrected chi connectivity index (χ4v) is 2.40. The summed E-state index contributed by atoms with van der Waals surface area (Å²) in [5, 5.41) is 3.08. The average Bonchev–Trinajstić information content (AvgIpc) is 2.84. The standard InChI is InChI=1S/C20H41NO2.4C2H6/c1-7-10-11-12-13-14-15-16-21-18(22)19(4,5)17-23-20(6,8-2)9-3;4*1-2/h7-17H2,1-6H3,(H,21,22);4*1-2H3. The van der Waals surface area contributed by atoms with Crippen LogP contribution in [0.1, 0.15) is 155 Å². The molecule has 0 aliphatic rings. The van der Waals surface area contributed by atoms with E-state index in [1.807, 2.05) is 69.2 Å². The van der Waals surface area contributed by atoms with Gasteiger partial charge in [-0.15, -0.1) is 0 Å². The molecule has 0 unspecified atom stereocenters. The zero-order chi connectivity index (χ0) is 25.8. The van der Waals surface area contributed by atoms with E-state index in [0.29, 0.717) is 6.61 Å². The van der Waals surface area contributed by atoms with E-state index in [4.69, 9.17) is 4.74 Å². The Morgan fingerprint density at radius 3 is 1.45 bits per heavy atom. The van der Waals surface area contributed by atoms with Crippen LogP contribution in [0.25, 0.3) is 0 Å². The topological polar surface area (TPSA) is 38.3 Å². The van der Waals surface area contributed by atoms with Crippen molar-refractivity contribution in [2.24, 2.45) is 5.41 Å². The van der Waals surface area contributed by atoms with Crippen LogP contribution in [0.5, 0.6) is 0 Å². The second-order valence-electron chi connectivity index (χ2n) is 7.71. The molecular weight excluding hydrogens is 382 g/mol. The lowest BCUT2D eigenvalue weighted by Gasteiger charge is -2.32. The molecule has 31 heavy (non-hydrogen) atoms. The molecule has 0 rings (SSSR count). The molecule has 0 aliphatic carbocycles. The van der Waals surface area contributed by atoms with E-state index in [0.717, 1.165) is 25.8 Å². The van der Waals surface area contributed by atoms with Crippen molar-refractivity contribution < 1.29 is 9.53 Å². The minimum absolute atomic E-state index is 0.109. The maximum Gasteiger partial charge on any atom is 0.227 e. The van der Waals surface area contributed by atoms with Crippen molar-refractivity contribution >= 4 is 5.91 Å². The molecule has 194 valence electrons. The molecule has 0 heterocycles. The van der Waals surface area contributed by atoms with Gasteiger partial charge in [0.15, 0.2) is 0 Å². The molecule has 3 nitrogen and oxygen atoms in total. The minimum Gasteiger partial charge on any atom is -0.374 e. The molecule has 0 aliphatic heterocycles. The Labute approximate surface area is 199 Å². The number of hydrogen-bond acceptors (Lipinski definition) is 2. The molecule has 3 heteroatoms. The van der Waals surface area contributed by atoms with E-state index in [1.165, 1.54) is 38.5 Å². The molecule has 0 aromatic carbocycles. The van der Waals surface area contributed by atoms with E-state index < -0.39 is 5.41 Å². The minimum atomic E-state index is -0.466. The van der Waals surface area contributed by atoms with Gasteiger partial charge < -0.3 is 10.1 Å². The zero-order valence-corrected chi connectivity index (χ0v) is 24.6. The highest BCUT2D eigenvalue weighted by atomic mass is 16.5. The molecule has 0 saturated heterocycles. The van der Waals surface area contributed by atoms with Gasteiger partial charge in [0, 0.05) is 6.54 Å². The van der Waals surface area contributed by atoms with Crippen molar-refractivity contribution in [3.63, 3.8) is 0 Å². The summed E-state index contributed by atoms with van der Waals surface area (Å²) < 4.78 is 6.04. The normalized spacial score (nSPS) is 10.0. The monoisotopic (exact) mass is 448 g/mol. The van der Waals surface area contributed by atoms with Crippen LogP contribution in [0.3, 0.4) is 0 Å². The Morgan fingerprint density at radius 1 is 0.677 bits per heavy atom. The fourth-order valence-electron chi connectivity index (χ4n) is 2.40. The summed E-state index contributed by atoms with van der Waals surface area (Å²) in [5.74, 6) is 0.109. The fraction of sp³-hybridized carbons (Fsp3) is 0.964. The summed E-state index contributed by atoms with van der Waals surface area (Å²) in [4.78, 5) is 12.3. The van der Waals surface area contributed by atoms with Crippen molar-refractivity contribution in [2.45, 2.75) is 160 Å². The maximum absolute atomic E-state index is 12.3. The van der Waals surface area contributed by atoms with Crippen LogP contribution in [0.2, 0.25) is 0 Å². The van der Waals surface area contributed by atoms with Crippen molar-refractivity contribution in [1.82, 2.24) is 5.32 Å². The molecule has 0 saturated carbocycles. The number of ether oxygens (including phenoxy) is 1. The first-order chi connectivity index (χ1) is 14.8. The van der Waals surface area contributed by atoms with Crippen LogP contribution in [0.4, 0.5) is 0 Å². The number of unbranched alkanes of at least 4 members (excludes halogenated alkanes) is 6. The van der Waals surface area contributed by atoms with E-state index >= 15 is 0 Å². The first kappa shape index (κ1) is 40.8. The lowest BCUT2D eigenvalue weighted by Crippen LogP contribution is -2.42. The number of amides is 1. The Bertz CT molecular complexity index is 310. The average molecular weight is 448 g/mol. The second-order valence-corrected chi connectivity index (χ2v) is 7.71. The molecule has 0 spiro atoms. The summed E-state index contributed by atoms with van der Waals surface area (Å²) in [6.45, 7) is 29.8. The zero-order valence-electron chi connectivity index (χ0n) is 24.6.